The van der Waals surface area contributed by atoms with E-state index in [1.165, 1.54) is 23.5 Å². The first-order chi connectivity index (χ1) is 9.28. The molecule has 0 unspecified atom stereocenters. The molecule has 0 aliphatic carbocycles. The van der Waals surface area contributed by atoms with Crippen LogP contribution in [0.3, 0.4) is 0 Å². The SMILES string of the molecule is CC=CCSc1nnc(NCc2ccc(F)cc2)s1. The van der Waals surface area contributed by atoms with Crippen LogP contribution in [0.25, 0.3) is 0 Å². The summed E-state index contributed by atoms with van der Waals surface area (Å²) in [5.41, 5.74) is 1.01. The molecular weight excluding hydrogens is 281 g/mol. The van der Waals surface area contributed by atoms with E-state index in [1.807, 2.05) is 13.0 Å². The van der Waals surface area contributed by atoms with Gasteiger partial charge in [0.25, 0.3) is 0 Å². The molecule has 2 rings (SSSR count). The lowest BCUT2D eigenvalue weighted by Gasteiger charge is -2.01. The normalized spacial score (nSPS) is 11.1. The molecule has 1 aromatic carbocycles. The molecule has 0 amide bonds. The molecule has 0 atom stereocenters. The lowest BCUT2D eigenvalue weighted by Crippen LogP contribution is -1.98. The van der Waals surface area contributed by atoms with Crippen LogP contribution >= 0.6 is 23.1 Å². The number of halogens is 1. The van der Waals surface area contributed by atoms with Crippen molar-refractivity contribution in [1.82, 2.24) is 10.2 Å². The highest BCUT2D eigenvalue weighted by atomic mass is 32.2. The third-order valence-electron chi connectivity index (χ3n) is 2.30. The molecule has 0 aliphatic heterocycles. The molecule has 0 saturated heterocycles. The van der Waals surface area contributed by atoms with Crippen molar-refractivity contribution in [3.8, 4) is 0 Å². The lowest BCUT2D eigenvalue weighted by molar-refractivity contribution is 0.627. The predicted octanol–water partition coefficient (Wildman–Crippen LogP) is 3.96. The van der Waals surface area contributed by atoms with E-state index in [0.717, 1.165) is 20.8 Å². The molecular formula is C13H14FN3S2. The van der Waals surface area contributed by atoms with E-state index in [-0.39, 0.29) is 5.82 Å². The molecule has 1 aromatic heterocycles. The predicted molar refractivity (Wildman–Crippen MR) is 79.2 cm³/mol. The monoisotopic (exact) mass is 295 g/mol. The van der Waals surface area contributed by atoms with Crippen LogP contribution in [0.4, 0.5) is 9.52 Å². The van der Waals surface area contributed by atoms with Gasteiger partial charge in [-0.3, -0.25) is 0 Å². The Bertz CT molecular complexity index is 537. The van der Waals surface area contributed by atoms with Gasteiger partial charge in [0.15, 0.2) is 4.34 Å². The maximum absolute atomic E-state index is 12.8. The summed E-state index contributed by atoms with van der Waals surface area (Å²) in [6.07, 6.45) is 4.10. The molecule has 6 heteroatoms. The first-order valence-corrected chi connectivity index (χ1v) is 7.64. The van der Waals surface area contributed by atoms with E-state index >= 15 is 0 Å². The van der Waals surface area contributed by atoms with Gasteiger partial charge in [0.2, 0.25) is 5.13 Å². The van der Waals surface area contributed by atoms with Crippen molar-refractivity contribution < 1.29 is 4.39 Å². The van der Waals surface area contributed by atoms with Crippen LogP contribution in [0.2, 0.25) is 0 Å². The molecule has 0 bridgehead atoms. The Labute approximate surface area is 120 Å². The summed E-state index contributed by atoms with van der Waals surface area (Å²) in [7, 11) is 0. The number of hydrogen-bond acceptors (Lipinski definition) is 5. The van der Waals surface area contributed by atoms with Gasteiger partial charge in [-0.25, -0.2) is 4.39 Å². The third-order valence-corrected chi connectivity index (χ3v) is 4.27. The highest BCUT2D eigenvalue weighted by molar-refractivity contribution is 8.01. The number of aromatic nitrogens is 2. The fourth-order valence-corrected chi connectivity index (χ4v) is 3.01. The quantitative estimate of drug-likeness (QED) is 0.646. The van der Waals surface area contributed by atoms with E-state index in [2.05, 4.69) is 21.6 Å². The van der Waals surface area contributed by atoms with Crippen LogP contribution in [0, 0.1) is 5.82 Å². The van der Waals surface area contributed by atoms with Crippen molar-refractivity contribution in [2.24, 2.45) is 0 Å². The molecule has 3 nitrogen and oxygen atoms in total. The van der Waals surface area contributed by atoms with E-state index in [0.29, 0.717) is 6.54 Å². The summed E-state index contributed by atoms with van der Waals surface area (Å²) < 4.78 is 13.7. The molecule has 0 aliphatic rings. The van der Waals surface area contributed by atoms with Crippen LogP contribution in [0.15, 0.2) is 40.8 Å². The summed E-state index contributed by atoms with van der Waals surface area (Å²) in [5.74, 6) is 0.686. The number of anilines is 1. The number of allylic oxidation sites excluding steroid dienone is 1. The molecule has 0 fully saturated rings. The summed E-state index contributed by atoms with van der Waals surface area (Å²) in [6, 6.07) is 6.42. The van der Waals surface area contributed by atoms with Gasteiger partial charge in [-0.1, -0.05) is 47.4 Å². The fraction of sp³-hybridized carbons (Fsp3) is 0.231. The molecule has 19 heavy (non-hydrogen) atoms. The number of benzene rings is 1. The Morgan fingerprint density at radius 2 is 2.11 bits per heavy atom. The van der Waals surface area contributed by atoms with Crippen LogP contribution in [-0.4, -0.2) is 16.0 Å². The van der Waals surface area contributed by atoms with Crippen molar-refractivity contribution in [3.63, 3.8) is 0 Å². The second-order valence-electron chi connectivity index (χ2n) is 3.73. The van der Waals surface area contributed by atoms with Gasteiger partial charge >= 0.3 is 0 Å². The van der Waals surface area contributed by atoms with Gasteiger partial charge in [0.05, 0.1) is 0 Å². The average molecular weight is 295 g/mol. The highest BCUT2D eigenvalue weighted by Crippen LogP contribution is 2.25. The molecule has 1 N–H and O–H groups in total. The van der Waals surface area contributed by atoms with Gasteiger partial charge in [-0.15, -0.1) is 10.2 Å². The zero-order valence-corrected chi connectivity index (χ0v) is 12.1. The molecule has 100 valence electrons. The second-order valence-corrected chi connectivity index (χ2v) is 5.98. The van der Waals surface area contributed by atoms with E-state index in [4.69, 9.17) is 0 Å². The van der Waals surface area contributed by atoms with E-state index in [9.17, 15) is 4.39 Å². The molecule has 0 spiro atoms. The third kappa shape index (κ3) is 4.65. The minimum atomic E-state index is -0.220. The molecule has 1 heterocycles. The molecule has 2 aromatic rings. The van der Waals surface area contributed by atoms with Gasteiger partial charge in [-0.05, 0) is 24.6 Å². The van der Waals surface area contributed by atoms with Crippen molar-refractivity contribution in [3.05, 3.63) is 47.8 Å². The summed E-state index contributed by atoms with van der Waals surface area (Å²) in [4.78, 5) is 0. The molecule has 0 radical (unpaired) electrons. The highest BCUT2D eigenvalue weighted by Gasteiger charge is 2.03. The Morgan fingerprint density at radius 3 is 2.84 bits per heavy atom. The maximum atomic E-state index is 12.8. The fourth-order valence-electron chi connectivity index (χ4n) is 1.34. The second kappa shape index (κ2) is 7.25. The van der Waals surface area contributed by atoms with E-state index < -0.39 is 0 Å². The minimum absolute atomic E-state index is 0.220. The van der Waals surface area contributed by atoms with Crippen molar-refractivity contribution >= 4 is 28.2 Å². The van der Waals surface area contributed by atoms with Gasteiger partial charge < -0.3 is 5.32 Å². The summed E-state index contributed by atoms with van der Waals surface area (Å²) in [6.45, 7) is 2.62. The minimum Gasteiger partial charge on any atom is -0.356 e. The molecule has 0 saturated carbocycles. The van der Waals surface area contributed by atoms with Crippen LogP contribution in [-0.2, 0) is 6.54 Å². The number of nitrogens with zero attached hydrogens (tertiary/aromatic N) is 2. The van der Waals surface area contributed by atoms with Gasteiger partial charge in [-0.2, -0.15) is 0 Å². The Morgan fingerprint density at radius 1 is 1.32 bits per heavy atom. The Balaban J connectivity index is 1.84. The van der Waals surface area contributed by atoms with Crippen LogP contribution in [0.1, 0.15) is 12.5 Å². The zero-order chi connectivity index (χ0) is 13.5. The lowest BCUT2D eigenvalue weighted by atomic mass is 10.2. The standard InChI is InChI=1S/C13H14FN3S2/c1-2-3-8-18-13-17-16-12(19-13)15-9-10-4-6-11(14)7-5-10/h2-7H,8-9H2,1H3,(H,15,16). The summed E-state index contributed by atoms with van der Waals surface area (Å²) in [5, 5.41) is 12.1. The van der Waals surface area contributed by atoms with Crippen molar-refractivity contribution in [1.29, 1.82) is 0 Å². The topological polar surface area (TPSA) is 37.8 Å². The Kier molecular flexibility index (Phi) is 5.35. The van der Waals surface area contributed by atoms with Crippen LogP contribution < -0.4 is 5.32 Å². The van der Waals surface area contributed by atoms with Gasteiger partial charge in [0, 0.05) is 12.3 Å². The summed E-state index contributed by atoms with van der Waals surface area (Å²) >= 11 is 3.19. The Hall–Kier alpha value is -1.40. The smallest absolute Gasteiger partial charge is 0.206 e. The van der Waals surface area contributed by atoms with Crippen LogP contribution in [0.5, 0.6) is 0 Å². The number of rotatable bonds is 6. The average Bonchev–Trinajstić information content (AvgIpc) is 2.86. The van der Waals surface area contributed by atoms with Gasteiger partial charge in [0.1, 0.15) is 5.82 Å². The first-order valence-electron chi connectivity index (χ1n) is 5.83. The van der Waals surface area contributed by atoms with Crippen molar-refractivity contribution in [2.45, 2.75) is 17.8 Å². The first kappa shape index (κ1) is 14.0. The maximum Gasteiger partial charge on any atom is 0.206 e. The largest absolute Gasteiger partial charge is 0.356 e. The van der Waals surface area contributed by atoms with Crippen molar-refractivity contribution in [2.75, 3.05) is 11.1 Å². The zero-order valence-electron chi connectivity index (χ0n) is 10.5. The number of thioether (sulfide) groups is 1. The number of hydrogen-bond donors (Lipinski definition) is 1. The van der Waals surface area contributed by atoms with E-state index in [1.54, 1.807) is 23.9 Å². The number of nitrogens with one attached hydrogen (secondary N) is 1.